The molecule has 3 heteroatoms. The second-order valence-corrected chi connectivity index (χ2v) is 5.35. The molecule has 1 unspecified atom stereocenters. The van der Waals surface area contributed by atoms with Gasteiger partial charge in [0.05, 0.1) is 12.6 Å². The minimum Gasteiger partial charge on any atom is -0.494 e. The number of ether oxygens (including phenoxy) is 1. The van der Waals surface area contributed by atoms with E-state index in [2.05, 4.69) is 41.9 Å². The molecule has 0 spiro atoms. The van der Waals surface area contributed by atoms with E-state index in [4.69, 9.17) is 4.74 Å². The van der Waals surface area contributed by atoms with Crippen molar-refractivity contribution in [1.82, 2.24) is 5.32 Å². The van der Waals surface area contributed by atoms with Gasteiger partial charge in [-0.3, -0.25) is 0 Å². The summed E-state index contributed by atoms with van der Waals surface area (Å²) in [4.78, 5) is 1.33. The van der Waals surface area contributed by atoms with Gasteiger partial charge in [-0.15, -0.1) is 11.3 Å². The van der Waals surface area contributed by atoms with E-state index < -0.39 is 0 Å². The van der Waals surface area contributed by atoms with Crippen molar-refractivity contribution in [2.45, 2.75) is 26.3 Å². The third-order valence-electron chi connectivity index (χ3n) is 2.96. The Kier molecular flexibility index (Phi) is 5.43. The summed E-state index contributed by atoms with van der Waals surface area (Å²) in [6.07, 6.45) is 1.12. The van der Waals surface area contributed by atoms with Crippen molar-refractivity contribution in [2.75, 3.05) is 13.2 Å². The van der Waals surface area contributed by atoms with Crippen LogP contribution in [0, 0.1) is 0 Å². The first-order valence-electron chi connectivity index (χ1n) is 6.85. The van der Waals surface area contributed by atoms with Crippen LogP contribution in [0.15, 0.2) is 41.8 Å². The maximum atomic E-state index is 5.76. The summed E-state index contributed by atoms with van der Waals surface area (Å²) in [5, 5.41) is 5.74. The molecule has 0 saturated heterocycles. The number of hydrogen-bond donors (Lipinski definition) is 1. The van der Waals surface area contributed by atoms with Gasteiger partial charge >= 0.3 is 0 Å². The van der Waals surface area contributed by atoms with Crippen molar-refractivity contribution in [3.63, 3.8) is 0 Å². The fourth-order valence-electron chi connectivity index (χ4n) is 2.11. The molecule has 0 aliphatic carbocycles. The van der Waals surface area contributed by atoms with Gasteiger partial charge in [0, 0.05) is 10.4 Å². The number of benzene rings is 1. The summed E-state index contributed by atoms with van der Waals surface area (Å²) >= 11 is 1.79. The minimum atomic E-state index is 0.225. The van der Waals surface area contributed by atoms with Gasteiger partial charge in [0.15, 0.2) is 0 Å². The largest absolute Gasteiger partial charge is 0.494 e. The van der Waals surface area contributed by atoms with Crippen LogP contribution in [0.3, 0.4) is 0 Å². The number of hydrogen-bond acceptors (Lipinski definition) is 3. The molecular weight excluding hydrogens is 254 g/mol. The first-order valence-corrected chi connectivity index (χ1v) is 7.73. The van der Waals surface area contributed by atoms with Gasteiger partial charge in [0.1, 0.15) is 5.75 Å². The van der Waals surface area contributed by atoms with Crippen LogP contribution in [0.5, 0.6) is 5.75 Å². The molecule has 0 aliphatic heterocycles. The lowest BCUT2D eigenvalue weighted by molar-refractivity contribution is 0.333. The van der Waals surface area contributed by atoms with Gasteiger partial charge in [-0.1, -0.05) is 31.2 Å². The highest BCUT2D eigenvalue weighted by Gasteiger charge is 2.18. The highest BCUT2D eigenvalue weighted by atomic mass is 32.1. The Morgan fingerprint density at radius 3 is 2.68 bits per heavy atom. The molecule has 19 heavy (non-hydrogen) atoms. The molecular formula is C16H21NOS. The molecule has 1 aromatic heterocycles. The summed E-state index contributed by atoms with van der Waals surface area (Å²) in [5.41, 5.74) is 1.22. The molecule has 2 rings (SSSR count). The van der Waals surface area contributed by atoms with Crippen LogP contribution < -0.4 is 10.1 Å². The lowest BCUT2D eigenvalue weighted by Gasteiger charge is -2.20. The summed E-state index contributed by atoms with van der Waals surface area (Å²) < 4.78 is 5.76. The van der Waals surface area contributed by atoms with E-state index in [-0.39, 0.29) is 6.04 Å². The maximum absolute atomic E-state index is 5.76. The lowest BCUT2D eigenvalue weighted by Crippen LogP contribution is -2.23. The van der Waals surface area contributed by atoms with Gasteiger partial charge < -0.3 is 10.1 Å². The molecule has 102 valence electrons. The van der Waals surface area contributed by atoms with Gasteiger partial charge in [-0.05, 0) is 37.4 Å². The van der Waals surface area contributed by atoms with Crippen LogP contribution in [0.2, 0.25) is 0 Å². The van der Waals surface area contributed by atoms with E-state index in [1.807, 2.05) is 19.1 Å². The molecule has 1 aromatic carbocycles. The molecule has 0 radical (unpaired) electrons. The van der Waals surface area contributed by atoms with Crippen LogP contribution in [-0.2, 0) is 0 Å². The standard InChI is InChI=1S/C16H21NOS/c1-3-11-17-16(15-10-7-12-19-15)13-8-5-6-9-14(13)18-4-2/h5-10,12,16-17H,3-4,11H2,1-2H3. The Morgan fingerprint density at radius 2 is 2.00 bits per heavy atom. The maximum Gasteiger partial charge on any atom is 0.124 e. The third kappa shape index (κ3) is 3.58. The minimum absolute atomic E-state index is 0.225. The van der Waals surface area contributed by atoms with Crippen molar-refractivity contribution in [1.29, 1.82) is 0 Å². The molecule has 2 aromatic rings. The SMILES string of the molecule is CCCNC(c1cccs1)c1ccccc1OCC. The summed E-state index contributed by atoms with van der Waals surface area (Å²) in [6.45, 7) is 5.91. The van der Waals surface area contributed by atoms with E-state index in [9.17, 15) is 0 Å². The Labute approximate surface area is 119 Å². The summed E-state index contributed by atoms with van der Waals surface area (Å²) in [5.74, 6) is 0.979. The molecule has 1 N–H and O–H groups in total. The molecule has 0 amide bonds. The van der Waals surface area contributed by atoms with Crippen molar-refractivity contribution in [3.8, 4) is 5.75 Å². The zero-order valence-electron chi connectivity index (χ0n) is 11.6. The second kappa shape index (κ2) is 7.31. The topological polar surface area (TPSA) is 21.3 Å². The zero-order valence-corrected chi connectivity index (χ0v) is 12.4. The fourth-order valence-corrected chi connectivity index (χ4v) is 2.93. The Morgan fingerprint density at radius 1 is 1.16 bits per heavy atom. The molecule has 0 saturated carbocycles. The van der Waals surface area contributed by atoms with Crippen LogP contribution in [-0.4, -0.2) is 13.2 Å². The van der Waals surface area contributed by atoms with Crippen molar-refractivity contribution < 1.29 is 4.74 Å². The average Bonchev–Trinajstić information content (AvgIpc) is 2.95. The lowest BCUT2D eigenvalue weighted by atomic mass is 10.0. The van der Waals surface area contributed by atoms with Gasteiger partial charge in [-0.25, -0.2) is 0 Å². The highest BCUT2D eigenvalue weighted by molar-refractivity contribution is 7.10. The van der Waals surface area contributed by atoms with Gasteiger partial charge in [0.2, 0.25) is 0 Å². The third-order valence-corrected chi connectivity index (χ3v) is 3.89. The van der Waals surface area contributed by atoms with Crippen molar-refractivity contribution >= 4 is 11.3 Å². The van der Waals surface area contributed by atoms with Crippen LogP contribution >= 0.6 is 11.3 Å². The van der Waals surface area contributed by atoms with Gasteiger partial charge in [-0.2, -0.15) is 0 Å². The predicted octanol–water partition coefficient (Wildman–Crippen LogP) is 4.24. The summed E-state index contributed by atoms with van der Waals surface area (Å²) in [7, 11) is 0. The number of para-hydroxylation sites is 1. The molecule has 0 aliphatic rings. The number of thiophene rings is 1. The number of rotatable bonds is 7. The van der Waals surface area contributed by atoms with E-state index >= 15 is 0 Å². The molecule has 1 atom stereocenters. The first kappa shape index (κ1) is 14.1. The van der Waals surface area contributed by atoms with Gasteiger partial charge in [0.25, 0.3) is 0 Å². The normalized spacial score (nSPS) is 12.3. The second-order valence-electron chi connectivity index (χ2n) is 4.37. The first-order chi connectivity index (χ1) is 9.36. The van der Waals surface area contributed by atoms with Crippen LogP contribution in [0.4, 0.5) is 0 Å². The van der Waals surface area contributed by atoms with Crippen molar-refractivity contribution in [2.24, 2.45) is 0 Å². The van der Waals surface area contributed by atoms with Crippen LogP contribution in [0.25, 0.3) is 0 Å². The van der Waals surface area contributed by atoms with Crippen molar-refractivity contribution in [3.05, 3.63) is 52.2 Å². The van der Waals surface area contributed by atoms with Crippen LogP contribution in [0.1, 0.15) is 36.8 Å². The fraction of sp³-hybridized carbons (Fsp3) is 0.375. The molecule has 0 bridgehead atoms. The quantitative estimate of drug-likeness (QED) is 0.816. The van der Waals surface area contributed by atoms with E-state index in [0.717, 1.165) is 18.7 Å². The Hall–Kier alpha value is -1.32. The van der Waals surface area contributed by atoms with E-state index in [1.165, 1.54) is 10.4 Å². The average molecular weight is 275 g/mol. The number of nitrogens with one attached hydrogen (secondary N) is 1. The van der Waals surface area contributed by atoms with E-state index in [0.29, 0.717) is 6.61 Å². The zero-order chi connectivity index (χ0) is 13.5. The predicted molar refractivity (Wildman–Crippen MR) is 82.1 cm³/mol. The van der Waals surface area contributed by atoms with E-state index in [1.54, 1.807) is 11.3 Å². The smallest absolute Gasteiger partial charge is 0.124 e. The molecule has 2 nitrogen and oxygen atoms in total. The highest BCUT2D eigenvalue weighted by Crippen LogP contribution is 2.32. The monoisotopic (exact) mass is 275 g/mol. The Bertz CT molecular complexity index is 481. The Balaban J connectivity index is 2.32. The molecule has 0 fully saturated rings. The molecule has 1 heterocycles. The summed E-state index contributed by atoms with van der Waals surface area (Å²) in [6, 6.07) is 12.8.